The summed E-state index contributed by atoms with van der Waals surface area (Å²) in [5.74, 6) is 0.750. The molecule has 1 aliphatic heterocycles. The van der Waals surface area contributed by atoms with Crippen LogP contribution in [0.1, 0.15) is 27.2 Å². The minimum Gasteiger partial charge on any atom is -0.444 e. The fourth-order valence-corrected chi connectivity index (χ4v) is 2.64. The number of sulfone groups is 1. The molecule has 1 heterocycles. The molecule has 0 aromatic heterocycles. The van der Waals surface area contributed by atoms with Crippen molar-refractivity contribution in [3.05, 3.63) is 0 Å². The van der Waals surface area contributed by atoms with Crippen molar-refractivity contribution in [2.45, 2.75) is 38.8 Å². The van der Waals surface area contributed by atoms with Crippen LogP contribution in [0.25, 0.3) is 0 Å². The number of carbonyl (C=O) groups is 1. The zero-order chi connectivity index (χ0) is 17.7. The summed E-state index contributed by atoms with van der Waals surface area (Å²) in [6.07, 6.45) is 1.43. The van der Waals surface area contributed by atoms with Crippen molar-refractivity contribution in [1.29, 1.82) is 0 Å². The smallest absolute Gasteiger partial charge is 0.410 e. The van der Waals surface area contributed by atoms with E-state index in [0.29, 0.717) is 32.0 Å². The van der Waals surface area contributed by atoms with Crippen LogP contribution in [0.2, 0.25) is 0 Å². The molecule has 0 radical (unpaired) electrons. The van der Waals surface area contributed by atoms with Crippen molar-refractivity contribution in [2.24, 2.45) is 4.99 Å². The summed E-state index contributed by atoms with van der Waals surface area (Å²) in [5.41, 5.74) is -0.493. The highest BCUT2D eigenvalue weighted by molar-refractivity contribution is 7.90. The zero-order valence-corrected chi connectivity index (χ0v) is 15.4. The Labute approximate surface area is 138 Å². The standard InChI is InChI=1S/C14H28N4O4S/c1-14(2,3)22-13(19)18-9-11(10-18)17-12(15-4)16-7-6-8-23(5,20)21/h11H,6-10H2,1-5H3,(H2,15,16,17). The first-order valence-corrected chi connectivity index (χ1v) is 9.69. The number of hydrogen-bond donors (Lipinski definition) is 2. The SMILES string of the molecule is CN=C(NCCCS(C)(=O)=O)NC1CN(C(=O)OC(C)(C)C)C1. The van der Waals surface area contributed by atoms with Gasteiger partial charge in [-0.2, -0.15) is 0 Å². The largest absolute Gasteiger partial charge is 0.444 e. The molecule has 1 rings (SSSR count). The summed E-state index contributed by atoms with van der Waals surface area (Å²) < 4.78 is 27.4. The van der Waals surface area contributed by atoms with Crippen LogP contribution in [0.3, 0.4) is 0 Å². The Morgan fingerprint density at radius 1 is 1.35 bits per heavy atom. The molecule has 0 atom stereocenters. The van der Waals surface area contributed by atoms with Gasteiger partial charge in [-0.05, 0) is 27.2 Å². The topological polar surface area (TPSA) is 100 Å². The number of nitrogens with one attached hydrogen (secondary N) is 2. The first kappa shape index (κ1) is 19.5. The first-order chi connectivity index (χ1) is 10.5. The van der Waals surface area contributed by atoms with Crippen LogP contribution in [-0.2, 0) is 14.6 Å². The molecule has 0 aromatic rings. The summed E-state index contributed by atoms with van der Waals surface area (Å²) in [4.78, 5) is 17.5. The summed E-state index contributed by atoms with van der Waals surface area (Å²) >= 11 is 0. The third-order valence-electron chi connectivity index (χ3n) is 3.08. The second-order valence-corrected chi connectivity index (χ2v) is 8.97. The maximum atomic E-state index is 11.8. The van der Waals surface area contributed by atoms with Crippen molar-refractivity contribution in [3.8, 4) is 0 Å². The first-order valence-electron chi connectivity index (χ1n) is 7.63. The van der Waals surface area contributed by atoms with Gasteiger partial charge in [-0.1, -0.05) is 0 Å². The predicted octanol–water partition coefficient (Wildman–Crippen LogP) is 0.205. The molecule has 9 heteroatoms. The van der Waals surface area contributed by atoms with Crippen LogP contribution in [0, 0.1) is 0 Å². The van der Waals surface area contributed by atoms with E-state index in [4.69, 9.17) is 4.74 Å². The van der Waals surface area contributed by atoms with Gasteiger partial charge in [0.2, 0.25) is 0 Å². The molecule has 1 aliphatic rings. The summed E-state index contributed by atoms with van der Waals surface area (Å²) in [5, 5.41) is 6.25. The van der Waals surface area contributed by atoms with Gasteiger partial charge in [-0.25, -0.2) is 13.2 Å². The van der Waals surface area contributed by atoms with Gasteiger partial charge >= 0.3 is 6.09 Å². The highest BCUT2D eigenvalue weighted by Crippen LogP contribution is 2.15. The molecule has 0 aliphatic carbocycles. The Bertz CT molecular complexity index is 533. The highest BCUT2D eigenvalue weighted by atomic mass is 32.2. The van der Waals surface area contributed by atoms with E-state index >= 15 is 0 Å². The third-order valence-corrected chi connectivity index (χ3v) is 4.11. The van der Waals surface area contributed by atoms with E-state index in [-0.39, 0.29) is 17.9 Å². The van der Waals surface area contributed by atoms with Gasteiger partial charge in [0.15, 0.2) is 5.96 Å². The Balaban J connectivity index is 2.25. The van der Waals surface area contributed by atoms with Gasteiger partial charge in [0, 0.05) is 32.9 Å². The van der Waals surface area contributed by atoms with Crippen LogP contribution < -0.4 is 10.6 Å². The fraction of sp³-hybridized carbons (Fsp3) is 0.857. The molecule has 8 nitrogen and oxygen atoms in total. The van der Waals surface area contributed by atoms with Crippen molar-refractivity contribution in [3.63, 3.8) is 0 Å². The van der Waals surface area contributed by atoms with Gasteiger partial charge in [0.05, 0.1) is 11.8 Å². The number of nitrogens with zero attached hydrogens (tertiary/aromatic N) is 2. The molecule has 0 bridgehead atoms. The van der Waals surface area contributed by atoms with E-state index < -0.39 is 15.4 Å². The van der Waals surface area contributed by atoms with Crippen LogP contribution in [0.5, 0.6) is 0 Å². The molecular weight excluding hydrogens is 320 g/mol. The van der Waals surface area contributed by atoms with E-state index in [9.17, 15) is 13.2 Å². The number of aliphatic imine (C=N–C) groups is 1. The van der Waals surface area contributed by atoms with E-state index in [1.165, 1.54) is 6.26 Å². The van der Waals surface area contributed by atoms with E-state index in [0.717, 1.165) is 0 Å². The summed E-state index contributed by atoms with van der Waals surface area (Å²) in [6, 6.07) is 0.114. The normalized spacial score (nSPS) is 16.7. The van der Waals surface area contributed by atoms with Crippen LogP contribution >= 0.6 is 0 Å². The number of guanidine groups is 1. The minimum atomic E-state index is -2.94. The molecule has 0 saturated carbocycles. The molecule has 0 aromatic carbocycles. The summed E-state index contributed by atoms with van der Waals surface area (Å²) in [6.45, 7) is 7.14. The second kappa shape index (κ2) is 7.85. The average molecular weight is 348 g/mol. The lowest BCUT2D eigenvalue weighted by Gasteiger charge is -2.40. The number of ether oxygens (including phenoxy) is 1. The fourth-order valence-electron chi connectivity index (χ4n) is 1.97. The van der Waals surface area contributed by atoms with Gasteiger partial charge in [-0.15, -0.1) is 0 Å². The van der Waals surface area contributed by atoms with Crippen LogP contribution in [0.15, 0.2) is 4.99 Å². The maximum Gasteiger partial charge on any atom is 0.410 e. The second-order valence-electron chi connectivity index (χ2n) is 6.71. The molecular formula is C14H28N4O4S. The molecule has 0 unspecified atom stereocenters. The quantitative estimate of drug-likeness (QED) is 0.418. The number of amides is 1. The monoisotopic (exact) mass is 348 g/mol. The molecule has 0 spiro atoms. The van der Waals surface area contributed by atoms with Crippen LogP contribution in [0.4, 0.5) is 4.79 Å². The molecule has 1 saturated heterocycles. The van der Waals surface area contributed by atoms with E-state index in [1.54, 1.807) is 11.9 Å². The van der Waals surface area contributed by atoms with Gasteiger partial charge in [-0.3, -0.25) is 4.99 Å². The molecule has 134 valence electrons. The summed E-state index contributed by atoms with van der Waals surface area (Å²) in [7, 11) is -1.29. The Hall–Kier alpha value is -1.51. The maximum absolute atomic E-state index is 11.8. The van der Waals surface area contributed by atoms with Crippen LogP contribution in [-0.4, -0.2) is 75.7 Å². The third kappa shape index (κ3) is 8.06. The van der Waals surface area contributed by atoms with Gasteiger partial charge in [0.25, 0.3) is 0 Å². The lowest BCUT2D eigenvalue weighted by Crippen LogP contribution is -2.63. The van der Waals surface area contributed by atoms with Gasteiger partial charge < -0.3 is 20.3 Å². The zero-order valence-electron chi connectivity index (χ0n) is 14.5. The van der Waals surface area contributed by atoms with Crippen molar-refractivity contribution >= 4 is 21.9 Å². The number of likely N-dealkylation sites (tertiary alicyclic amines) is 1. The van der Waals surface area contributed by atoms with Crippen molar-refractivity contribution < 1.29 is 17.9 Å². The van der Waals surface area contributed by atoms with Gasteiger partial charge in [0.1, 0.15) is 15.4 Å². The minimum absolute atomic E-state index is 0.114. The molecule has 2 N–H and O–H groups in total. The predicted molar refractivity (Wildman–Crippen MR) is 90.4 cm³/mol. The Morgan fingerprint density at radius 2 is 1.96 bits per heavy atom. The Kier molecular flexibility index (Phi) is 6.67. The lowest BCUT2D eigenvalue weighted by atomic mass is 10.1. The van der Waals surface area contributed by atoms with Crippen molar-refractivity contribution in [2.75, 3.05) is 38.7 Å². The average Bonchev–Trinajstić information content (AvgIpc) is 2.31. The van der Waals surface area contributed by atoms with E-state index in [1.807, 2.05) is 20.8 Å². The number of rotatable bonds is 5. The van der Waals surface area contributed by atoms with Crippen molar-refractivity contribution in [1.82, 2.24) is 15.5 Å². The number of carbonyl (C=O) groups excluding carboxylic acids is 1. The molecule has 1 fully saturated rings. The molecule has 23 heavy (non-hydrogen) atoms. The molecule has 1 amide bonds. The highest BCUT2D eigenvalue weighted by Gasteiger charge is 2.34. The number of hydrogen-bond acceptors (Lipinski definition) is 5. The lowest BCUT2D eigenvalue weighted by molar-refractivity contribution is 0.00701. The Morgan fingerprint density at radius 3 is 2.43 bits per heavy atom. The van der Waals surface area contributed by atoms with E-state index in [2.05, 4.69) is 15.6 Å².